The van der Waals surface area contributed by atoms with E-state index in [0.29, 0.717) is 17.3 Å². The molecule has 0 radical (unpaired) electrons. The van der Waals surface area contributed by atoms with E-state index in [-0.39, 0.29) is 18.6 Å². The molecule has 0 N–H and O–H groups in total. The van der Waals surface area contributed by atoms with Gasteiger partial charge in [-0.15, -0.1) is 22.7 Å². The van der Waals surface area contributed by atoms with E-state index in [1.165, 1.54) is 15.3 Å². The normalized spacial score (nSPS) is 16.5. The lowest BCUT2D eigenvalue weighted by Crippen LogP contribution is -2.42. The van der Waals surface area contributed by atoms with E-state index < -0.39 is 0 Å². The van der Waals surface area contributed by atoms with Crippen molar-refractivity contribution in [2.45, 2.75) is 12.5 Å². The molecule has 0 unspecified atom stereocenters. The monoisotopic (exact) mass is 389 g/mol. The minimum absolute atomic E-state index is 0.00885. The van der Waals surface area contributed by atoms with Gasteiger partial charge in [0.1, 0.15) is 5.75 Å². The molecule has 1 atom stereocenters. The molecule has 2 aromatic heterocycles. The molecule has 1 aromatic carbocycles. The molecule has 3 heterocycles. The van der Waals surface area contributed by atoms with Gasteiger partial charge >= 0.3 is 0 Å². The summed E-state index contributed by atoms with van der Waals surface area (Å²) >= 11 is 9.56. The van der Waals surface area contributed by atoms with Crippen LogP contribution < -0.4 is 4.74 Å². The van der Waals surface area contributed by atoms with Crippen LogP contribution in [0.15, 0.2) is 53.2 Å². The summed E-state index contributed by atoms with van der Waals surface area (Å²) in [6, 6.07) is 13.5. The Bertz CT molecular complexity index is 875. The first kappa shape index (κ1) is 16.6. The lowest BCUT2D eigenvalue weighted by molar-refractivity contribution is -0.135. The van der Waals surface area contributed by atoms with E-state index in [1.807, 2.05) is 23.1 Å². The van der Waals surface area contributed by atoms with Crippen molar-refractivity contribution >= 4 is 40.2 Å². The summed E-state index contributed by atoms with van der Waals surface area (Å²) in [7, 11) is 0. The molecule has 0 saturated carbocycles. The molecule has 0 fully saturated rings. The van der Waals surface area contributed by atoms with Gasteiger partial charge in [0.15, 0.2) is 6.61 Å². The maximum Gasteiger partial charge on any atom is 0.261 e. The average Bonchev–Trinajstić information content (AvgIpc) is 3.31. The molecule has 0 aliphatic carbocycles. The summed E-state index contributed by atoms with van der Waals surface area (Å²) in [6.07, 6.45) is 0.896. The smallest absolute Gasteiger partial charge is 0.261 e. The van der Waals surface area contributed by atoms with Crippen LogP contribution in [0.5, 0.6) is 5.75 Å². The van der Waals surface area contributed by atoms with Crippen molar-refractivity contribution in [1.82, 2.24) is 4.90 Å². The van der Waals surface area contributed by atoms with Crippen LogP contribution in [0.1, 0.15) is 21.4 Å². The molecular weight excluding hydrogens is 374 g/mol. The molecule has 0 bridgehead atoms. The van der Waals surface area contributed by atoms with Crippen molar-refractivity contribution in [3.63, 3.8) is 0 Å². The number of nitrogens with zero attached hydrogens (tertiary/aromatic N) is 1. The Kier molecular flexibility index (Phi) is 4.79. The second-order valence-corrected chi connectivity index (χ2v) is 8.16. The number of para-hydroxylation sites is 1. The number of carbonyl (C=O) groups is 1. The van der Waals surface area contributed by atoms with Gasteiger partial charge in [-0.05, 0) is 47.0 Å². The highest BCUT2D eigenvalue weighted by atomic mass is 35.5. The van der Waals surface area contributed by atoms with E-state index in [4.69, 9.17) is 16.3 Å². The quantitative estimate of drug-likeness (QED) is 0.627. The molecule has 0 saturated heterocycles. The number of hydrogen-bond donors (Lipinski definition) is 0. The zero-order valence-corrected chi connectivity index (χ0v) is 15.7. The van der Waals surface area contributed by atoms with Crippen LogP contribution >= 0.6 is 34.3 Å². The predicted molar refractivity (Wildman–Crippen MR) is 103 cm³/mol. The van der Waals surface area contributed by atoms with E-state index in [0.717, 1.165) is 6.42 Å². The fraction of sp³-hybridized carbons (Fsp3) is 0.211. The number of ether oxygens (including phenoxy) is 1. The summed E-state index contributed by atoms with van der Waals surface area (Å²) in [4.78, 5) is 17.4. The maximum absolute atomic E-state index is 12.9. The van der Waals surface area contributed by atoms with Gasteiger partial charge in [-0.25, -0.2) is 0 Å². The van der Waals surface area contributed by atoms with E-state index in [1.54, 1.807) is 34.8 Å². The molecule has 1 amide bonds. The van der Waals surface area contributed by atoms with Crippen LogP contribution in [0.3, 0.4) is 0 Å². The summed E-state index contributed by atoms with van der Waals surface area (Å²) < 4.78 is 5.67. The highest BCUT2D eigenvalue weighted by Crippen LogP contribution is 2.39. The summed E-state index contributed by atoms with van der Waals surface area (Å²) in [5.74, 6) is 0.522. The van der Waals surface area contributed by atoms with Crippen LogP contribution in [0.4, 0.5) is 0 Å². The first-order valence-electron chi connectivity index (χ1n) is 8.00. The molecule has 1 aliphatic rings. The number of halogens is 1. The van der Waals surface area contributed by atoms with Crippen LogP contribution in [0, 0.1) is 0 Å². The third-order valence-electron chi connectivity index (χ3n) is 4.29. The van der Waals surface area contributed by atoms with Crippen LogP contribution in [0.2, 0.25) is 5.02 Å². The Morgan fingerprint density at radius 3 is 2.84 bits per heavy atom. The second-order valence-electron chi connectivity index (χ2n) is 5.77. The van der Waals surface area contributed by atoms with Crippen molar-refractivity contribution < 1.29 is 9.53 Å². The predicted octanol–water partition coefficient (Wildman–Crippen LogP) is 5.02. The average molecular weight is 390 g/mol. The Hall–Kier alpha value is -1.82. The number of benzene rings is 1. The topological polar surface area (TPSA) is 29.5 Å². The molecule has 6 heteroatoms. The Labute approximate surface area is 159 Å². The van der Waals surface area contributed by atoms with Gasteiger partial charge in [0, 0.05) is 16.3 Å². The van der Waals surface area contributed by atoms with E-state index >= 15 is 0 Å². The van der Waals surface area contributed by atoms with Gasteiger partial charge in [0.25, 0.3) is 5.91 Å². The van der Waals surface area contributed by atoms with Gasteiger partial charge in [-0.3, -0.25) is 4.79 Å². The Balaban J connectivity index is 1.56. The van der Waals surface area contributed by atoms with Crippen molar-refractivity contribution in [1.29, 1.82) is 0 Å². The first-order valence-corrected chi connectivity index (χ1v) is 10.1. The number of rotatable bonds is 4. The van der Waals surface area contributed by atoms with E-state index in [2.05, 4.69) is 22.9 Å². The van der Waals surface area contributed by atoms with Crippen molar-refractivity contribution in [3.05, 3.63) is 73.6 Å². The first-order chi connectivity index (χ1) is 12.2. The van der Waals surface area contributed by atoms with Crippen molar-refractivity contribution in [3.8, 4) is 5.75 Å². The minimum Gasteiger partial charge on any atom is -0.482 e. The lowest BCUT2D eigenvalue weighted by atomic mass is 9.98. The van der Waals surface area contributed by atoms with Crippen LogP contribution in [-0.2, 0) is 11.2 Å². The highest BCUT2D eigenvalue weighted by molar-refractivity contribution is 7.10. The highest BCUT2D eigenvalue weighted by Gasteiger charge is 2.33. The lowest BCUT2D eigenvalue weighted by Gasteiger charge is -2.35. The van der Waals surface area contributed by atoms with Gasteiger partial charge in [0.05, 0.1) is 11.1 Å². The zero-order valence-electron chi connectivity index (χ0n) is 13.4. The number of fused-ring (bicyclic) bond motifs is 1. The standard InChI is InChI=1S/C19H16ClNO2S2/c20-14-4-1-2-5-15(14)23-12-18(22)21-9-7-16-13(8-11-25-16)19(21)17-6-3-10-24-17/h1-6,8,10-11,19H,7,9,12H2/t19-/m1/s1. The number of amides is 1. The summed E-state index contributed by atoms with van der Waals surface area (Å²) in [6.45, 7) is 0.700. The SMILES string of the molecule is O=C(COc1ccccc1Cl)N1CCc2sccc2[C@@H]1c1cccs1. The number of hydrogen-bond acceptors (Lipinski definition) is 4. The fourth-order valence-electron chi connectivity index (χ4n) is 3.12. The van der Waals surface area contributed by atoms with Gasteiger partial charge in [-0.2, -0.15) is 0 Å². The molecule has 1 aliphatic heterocycles. The van der Waals surface area contributed by atoms with Crippen molar-refractivity contribution in [2.24, 2.45) is 0 Å². The van der Waals surface area contributed by atoms with Gasteiger partial charge in [-0.1, -0.05) is 29.8 Å². The third-order valence-corrected chi connectivity index (χ3v) is 6.52. The van der Waals surface area contributed by atoms with Crippen LogP contribution in [-0.4, -0.2) is 24.0 Å². The molecule has 3 aromatic rings. The van der Waals surface area contributed by atoms with E-state index in [9.17, 15) is 4.79 Å². The molecule has 128 valence electrons. The molecule has 0 spiro atoms. The van der Waals surface area contributed by atoms with Crippen molar-refractivity contribution in [2.75, 3.05) is 13.2 Å². The summed E-state index contributed by atoms with van der Waals surface area (Å²) in [5.41, 5.74) is 1.24. The zero-order chi connectivity index (χ0) is 17.2. The molecule has 3 nitrogen and oxygen atoms in total. The Morgan fingerprint density at radius 1 is 1.16 bits per heavy atom. The second kappa shape index (κ2) is 7.20. The largest absolute Gasteiger partial charge is 0.482 e. The number of carbonyl (C=O) groups excluding carboxylic acids is 1. The molecule has 4 rings (SSSR count). The molecule has 25 heavy (non-hydrogen) atoms. The maximum atomic E-state index is 12.9. The summed E-state index contributed by atoms with van der Waals surface area (Å²) in [5, 5.41) is 4.68. The minimum atomic E-state index is -0.0184. The molecular formula is C19H16ClNO2S2. The fourth-order valence-corrected chi connectivity index (χ4v) is 5.07. The van der Waals surface area contributed by atoms with Gasteiger partial charge < -0.3 is 9.64 Å². The third kappa shape index (κ3) is 3.32. The van der Waals surface area contributed by atoms with Gasteiger partial charge in [0.2, 0.25) is 0 Å². The Morgan fingerprint density at radius 2 is 2.04 bits per heavy atom. The number of thiophene rings is 2. The van der Waals surface area contributed by atoms with Crippen LogP contribution in [0.25, 0.3) is 0 Å².